The van der Waals surface area contributed by atoms with E-state index in [9.17, 15) is 19.2 Å². The Balaban J connectivity index is 1.51. The van der Waals surface area contributed by atoms with Crippen molar-refractivity contribution in [3.05, 3.63) is 24.3 Å². The number of hydrogen-bond donors (Lipinski definition) is 1. The zero-order valence-electron chi connectivity index (χ0n) is 17.6. The Morgan fingerprint density at radius 3 is 2.23 bits per heavy atom. The average Bonchev–Trinajstić information content (AvgIpc) is 3.01. The number of carbonyl (C=O) groups excluding carboxylic acids is 4. The standard InChI is InChI=1S/C22H29N3O5/c1-3-24(14-19(26)23-15-8-10-16(30-2)11-9-15)20(27)12-13-25-21(28)17-6-4-5-7-18(17)22(25)29/h8-11,17-18H,3-7,12-14H2,1-2H3,(H,23,26)/t17-,18+. The molecule has 0 radical (unpaired) electrons. The number of nitrogens with one attached hydrogen (secondary N) is 1. The third-order valence-corrected chi connectivity index (χ3v) is 5.92. The highest BCUT2D eigenvalue weighted by molar-refractivity contribution is 6.05. The third kappa shape index (κ3) is 4.80. The van der Waals surface area contributed by atoms with Crippen LogP contribution in [0.15, 0.2) is 24.3 Å². The molecule has 1 aromatic carbocycles. The molecular weight excluding hydrogens is 386 g/mol. The van der Waals surface area contributed by atoms with E-state index >= 15 is 0 Å². The highest BCUT2D eigenvalue weighted by Crippen LogP contribution is 2.38. The summed E-state index contributed by atoms with van der Waals surface area (Å²) < 4.78 is 5.09. The van der Waals surface area contributed by atoms with Crippen molar-refractivity contribution < 1.29 is 23.9 Å². The second-order valence-corrected chi connectivity index (χ2v) is 7.76. The highest BCUT2D eigenvalue weighted by Gasteiger charge is 2.47. The van der Waals surface area contributed by atoms with Crippen molar-refractivity contribution in [3.8, 4) is 5.75 Å². The summed E-state index contributed by atoms with van der Waals surface area (Å²) in [6.45, 7) is 2.15. The lowest BCUT2D eigenvalue weighted by molar-refractivity contribution is -0.141. The van der Waals surface area contributed by atoms with Crippen LogP contribution >= 0.6 is 0 Å². The first-order valence-corrected chi connectivity index (χ1v) is 10.5. The van der Waals surface area contributed by atoms with Gasteiger partial charge in [-0.15, -0.1) is 0 Å². The van der Waals surface area contributed by atoms with E-state index in [4.69, 9.17) is 4.74 Å². The largest absolute Gasteiger partial charge is 0.497 e. The van der Waals surface area contributed by atoms with Gasteiger partial charge in [-0.1, -0.05) is 12.8 Å². The van der Waals surface area contributed by atoms with Crippen LogP contribution in [0.1, 0.15) is 39.0 Å². The second kappa shape index (κ2) is 9.73. The molecule has 2 atom stereocenters. The molecule has 0 aromatic heterocycles. The Hall–Kier alpha value is -2.90. The number of benzene rings is 1. The summed E-state index contributed by atoms with van der Waals surface area (Å²) in [5.41, 5.74) is 0.611. The molecule has 1 saturated carbocycles. The molecule has 3 rings (SSSR count). The van der Waals surface area contributed by atoms with Crippen molar-refractivity contribution in [2.45, 2.75) is 39.0 Å². The quantitative estimate of drug-likeness (QED) is 0.656. The highest BCUT2D eigenvalue weighted by atomic mass is 16.5. The zero-order chi connectivity index (χ0) is 21.7. The van der Waals surface area contributed by atoms with E-state index in [1.54, 1.807) is 38.3 Å². The van der Waals surface area contributed by atoms with Gasteiger partial charge in [-0.3, -0.25) is 24.1 Å². The van der Waals surface area contributed by atoms with Gasteiger partial charge in [-0.2, -0.15) is 0 Å². The Kier molecular flexibility index (Phi) is 7.07. The Labute approximate surface area is 176 Å². The Morgan fingerprint density at radius 2 is 1.70 bits per heavy atom. The number of ether oxygens (including phenoxy) is 1. The molecule has 0 bridgehead atoms. The number of fused-ring (bicyclic) bond motifs is 1. The summed E-state index contributed by atoms with van der Waals surface area (Å²) in [6, 6.07) is 6.91. The van der Waals surface area contributed by atoms with Gasteiger partial charge < -0.3 is 15.0 Å². The van der Waals surface area contributed by atoms with Crippen LogP contribution < -0.4 is 10.1 Å². The van der Waals surface area contributed by atoms with Gasteiger partial charge in [-0.05, 0) is 44.0 Å². The van der Waals surface area contributed by atoms with Crippen LogP contribution in [-0.2, 0) is 19.2 Å². The number of nitrogens with zero attached hydrogens (tertiary/aromatic N) is 2. The molecule has 1 aromatic rings. The lowest BCUT2D eigenvalue weighted by atomic mass is 9.81. The van der Waals surface area contributed by atoms with Crippen LogP contribution in [0.25, 0.3) is 0 Å². The fourth-order valence-electron chi connectivity index (χ4n) is 4.24. The van der Waals surface area contributed by atoms with Gasteiger partial charge in [-0.25, -0.2) is 0 Å². The molecule has 8 heteroatoms. The van der Waals surface area contributed by atoms with Gasteiger partial charge in [0.2, 0.25) is 23.6 Å². The minimum atomic E-state index is -0.310. The van der Waals surface area contributed by atoms with Crippen LogP contribution in [0.5, 0.6) is 5.75 Å². The predicted octanol–water partition coefficient (Wildman–Crippen LogP) is 2.05. The second-order valence-electron chi connectivity index (χ2n) is 7.76. The smallest absolute Gasteiger partial charge is 0.243 e. The number of carbonyl (C=O) groups is 4. The van der Waals surface area contributed by atoms with Crippen LogP contribution in [0.3, 0.4) is 0 Å². The first kappa shape index (κ1) is 21.8. The van der Waals surface area contributed by atoms with Gasteiger partial charge >= 0.3 is 0 Å². The van der Waals surface area contributed by atoms with Crippen molar-refractivity contribution >= 4 is 29.3 Å². The molecule has 162 valence electrons. The number of likely N-dealkylation sites (N-methyl/N-ethyl adjacent to an activating group) is 1. The van der Waals surface area contributed by atoms with E-state index in [0.717, 1.165) is 25.7 Å². The Bertz CT molecular complexity index is 783. The Morgan fingerprint density at radius 1 is 1.10 bits per heavy atom. The molecule has 1 saturated heterocycles. The van der Waals surface area contributed by atoms with Crippen molar-refractivity contribution in [2.75, 3.05) is 32.1 Å². The number of likely N-dealkylation sites (tertiary alicyclic amines) is 1. The molecule has 1 heterocycles. The van der Waals surface area contributed by atoms with Crippen LogP contribution in [0, 0.1) is 11.8 Å². The number of anilines is 1. The lowest BCUT2D eigenvalue weighted by Gasteiger charge is -2.22. The van der Waals surface area contributed by atoms with E-state index < -0.39 is 0 Å². The SMILES string of the molecule is CCN(CC(=O)Nc1ccc(OC)cc1)C(=O)CCN1C(=O)[C@H]2CCCC[C@H]2C1=O. The molecule has 1 aliphatic heterocycles. The molecule has 0 unspecified atom stereocenters. The van der Waals surface area contributed by atoms with Gasteiger partial charge in [0.1, 0.15) is 5.75 Å². The molecule has 2 fully saturated rings. The fraction of sp³-hybridized carbons (Fsp3) is 0.545. The first-order valence-electron chi connectivity index (χ1n) is 10.5. The van der Waals surface area contributed by atoms with Crippen molar-refractivity contribution in [3.63, 3.8) is 0 Å². The summed E-state index contributed by atoms with van der Waals surface area (Å²) in [5.74, 6) is -0.579. The molecule has 1 aliphatic carbocycles. The zero-order valence-corrected chi connectivity index (χ0v) is 17.6. The summed E-state index contributed by atoms with van der Waals surface area (Å²) in [5, 5.41) is 2.75. The summed E-state index contributed by atoms with van der Waals surface area (Å²) in [6.07, 6.45) is 3.49. The van der Waals surface area contributed by atoms with E-state index in [1.165, 1.54) is 9.80 Å². The minimum Gasteiger partial charge on any atom is -0.497 e. The van der Waals surface area contributed by atoms with E-state index in [-0.39, 0.29) is 55.0 Å². The number of amides is 4. The average molecular weight is 415 g/mol. The fourth-order valence-corrected chi connectivity index (χ4v) is 4.24. The third-order valence-electron chi connectivity index (χ3n) is 5.92. The molecule has 1 N–H and O–H groups in total. The molecule has 30 heavy (non-hydrogen) atoms. The number of methoxy groups -OCH3 is 1. The van der Waals surface area contributed by atoms with E-state index in [1.807, 2.05) is 0 Å². The topological polar surface area (TPSA) is 96.0 Å². The van der Waals surface area contributed by atoms with E-state index in [2.05, 4.69) is 5.32 Å². The number of hydrogen-bond acceptors (Lipinski definition) is 5. The molecule has 0 spiro atoms. The lowest BCUT2D eigenvalue weighted by Crippen LogP contribution is -2.40. The van der Waals surface area contributed by atoms with E-state index in [0.29, 0.717) is 18.0 Å². The maximum atomic E-state index is 12.6. The van der Waals surface area contributed by atoms with Crippen molar-refractivity contribution in [1.82, 2.24) is 9.80 Å². The minimum absolute atomic E-state index is 0.0283. The monoisotopic (exact) mass is 415 g/mol. The molecular formula is C22H29N3O5. The maximum absolute atomic E-state index is 12.6. The van der Waals surface area contributed by atoms with Crippen molar-refractivity contribution in [2.24, 2.45) is 11.8 Å². The molecule has 4 amide bonds. The number of imide groups is 1. The van der Waals surface area contributed by atoms with Gasteiger partial charge in [0.05, 0.1) is 25.5 Å². The van der Waals surface area contributed by atoms with Crippen LogP contribution in [0.4, 0.5) is 5.69 Å². The van der Waals surface area contributed by atoms with Crippen LogP contribution in [0.2, 0.25) is 0 Å². The van der Waals surface area contributed by atoms with Gasteiger partial charge in [0, 0.05) is 25.2 Å². The normalized spacial score (nSPS) is 20.7. The summed E-state index contributed by atoms with van der Waals surface area (Å²) >= 11 is 0. The van der Waals surface area contributed by atoms with Gasteiger partial charge in [0.15, 0.2) is 0 Å². The summed E-state index contributed by atoms with van der Waals surface area (Å²) in [4.78, 5) is 52.7. The molecule has 2 aliphatic rings. The van der Waals surface area contributed by atoms with Crippen molar-refractivity contribution in [1.29, 1.82) is 0 Å². The molecule has 8 nitrogen and oxygen atoms in total. The number of rotatable bonds is 8. The van der Waals surface area contributed by atoms with Gasteiger partial charge in [0.25, 0.3) is 0 Å². The summed E-state index contributed by atoms with van der Waals surface area (Å²) in [7, 11) is 1.56. The maximum Gasteiger partial charge on any atom is 0.243 e. The van der Waals surface area contributed by atoms with Crippen LogP contribution in [-0.4, -0.2) is 60.2 Å². The first-order chi connectivity index (χ1) is 14.4. The predicted molar refractivity (Wildman–Crippen MR) is 111 cm³/mol.